The third kappa shape index (κ3) is 2.25. The van der Waals surface area contributed by atoms with Gasteiger partial charge in [0.25, 0.3) is 0 Å². The molecule has 0 amide bonds. The SMILES string of the molecule is CC=CC1(C2CCCCC2)C=CC=CC1. The first-order valence-electron chi connectivity index (χ1n) is 6.36. The molecule has 0 nitrogen and oxygen atoms in total. The minimum atomic E-state index is 0.351. The van der Waals surface area contributed by atoms with Gasteiger partial charge in [-0.15, -0.1) is 0 Å². The van der Waals surface area contributed by atoms with E-state index in [0.29, 0.717) is 5.41 Å². The van der Waals surface area contributed by atoms with Gasteiger partial charge in [-0.2, -0.15) is 0 Å². The van der Waals surface area contributed by atoms with E-state index < -0.39 is 0 Å². The van der Waals surface area contributed by atoms with Crippen molar-refractivity contribution >= 4 is 0 Å². The van der Waals surface area contributed by atoms with Gasteiger partial charge in [0.05, 0.1) is 0 Å². The summed E-state index contributed by atoms with van der Waals surface area (Å²) in [7, 11) is 0. The van der Waals surface area contributed by atoms with Crippen LogP contribution in [0.4, 0.5) is 0 Å². The van der Waals surface area contributed by atoms with Crippen molar-refractivity contribution in [1.82, 2.24) is 0 Å². The van der Waals surface area contributed by atoms with Crippen LogP contribution in [0.2, 0.25) is 0 Å². The highest BCUT2D eigenvalue weighted by Crippen LogP contribution is 2.44. The summed E-state index contributed by atoms with van der Waals surface area (Å²) in [6.07, 6.45) is 22.2. The first-order chi connectivity index (χ1) is 7.37. The third-order valence-corrected chi connectivity index (χ3v) is 3.97. The molecule has 0 bridgehead atoms. The molecule has 1 atom stereocenters. The zero-order chi connectivity index (χ0) is 10.6. The zero-order valence-corrected chi connectivity index (χ0v) is 9.78. The molecule has 0 radical (unpaired) electrons. The summed E-state index contributed by atoms with van der Waals surface area (Å²) in [6.45, 7) is 2.15. The summed E-state index contributed by atoms with van der Waals surface area (Å²) in [5.74, 6) is 0.878. The molecule has 1 saturated carbocycles. The predicted molar refractivity (Wildman–Crippen MR) is 66.7 cm³/mol. The zero-order valence-electron chi connectivity index (χ0n) is 9.78. The number of allylic oxidation sites excluding steroid dienone is 6. The highest BCUT2D eigenvalue weighted by molar-refractivity contribution is 5.24. The highest BCUT2D eigenvalue weighted by atomic mass is 14.4. The van der Waals surface area contributed by atoms with E-state index in [1.165, 1.54) is 38.5 Å². The fraction of sp³-hybridized carbons (Fsp3) is 0.600. The van der Waals surface area contributed by atoms with Crippen molar-refractivity contribution in [2.75, 3.05) is 0 Å². The number of rotatable bonds is 2. The smallest absolute Gasteiger partial charge is 0.0127 e. The Kier molecular flexibility index (Phi) is 3.45. The van der Waals surface area contributed by atoms with Gasteiger partial charge >= 0.3 is 0 Å². The lowest BCUT2D eigenvalue weighted by atomic mass is 9.65. The van der Waals surface area contributed by atoms with E-state index in [4.69, 9.17) is 0 Å². The second-order valence-electron chi connectivity index (χ2n) is 4.94. The van der Waals surface area contributed by atoms with Crippen LogP contribution in [0.5, 0.6) is 0 Å². The first-order valence-corrected chi connectivity index (χ1v) is 6.36. The van der Waals surface area contributed by atoms with Crippen molar-refractivity contribution in [1.29, 1.82) is 0 Å². The maximum absolute atomic E-state index is 2.43. The second kappa shape index (κ2) is 4.83. The summed E-state index contributed by atoms with van der Waals surface area (Å²) < 4.78 is 0. The van der Waals surface area contributed by atoms with Gasteiger partial charge in [0.1, 0.15) is 0 Å². The van der Waals surface area contributed by atoms with Gasteiger partial charge < -0.3 is 0 Å². The summed E-state index contributed by atoms with van der Waals surface area (Å²) in [4.78, 5) is 0. The van der Waals surface area contributed by atoms with Gasteiger partial charge in [-0.3, -0.25) is 0 Å². The van der Waals surface area contributed by atoms with Crippen LogP contribution in [0.25, 0.3) is 0 Å². The van der Waals surface area contributed by atoms with Crippen molar-refractivity contribution in [2.24, 2.45) is 11.3 Å². The topological polar surface area (TPSA) is 0 Å². The fourth-order valence-electron chi connectivity index (χ4n) is 3.17. The van der Waals surface area contributed by atoms with Crippen LogP contribution < -0.4 is 0 Å². The van der Waals surface area contributed by atoms with Crippen molar-refractivity contribution in [3.8, 4) is 0 Å². The van der Waals surface area contributed by atoms with Crippen molar-refractivity contribution < 1.29 is 0 Å². The van der Waals surface area contributed by atoms with E-state index in [1.54, 1.807) is 0 Å². The third-order valence-electron chi connectivity index (χ3n) is 3.97. The van der Waals surface area contributed by atoms with Gasteiger partial charge in [-0.1, -0.05) is 55.7 Å². The van der Waals surface area contributed by atoms with Crippen LogP contribution in [0, 0.1) is 11.3 Å². The van der Waals surface area contributed by atoms with Crippen molar-refractivity contribution in [2.45, 2.75) is 45.4 Å². The minimum absolute atomic E-state index is 0.351. The van der Waals surface area contributed by atoms with Crippen molar-refractivity contribution in [3.05, 3.63) is 36.5 Å². The van der Waals surface area contributed by atoms with Gasteiger partial charge in [0, 0.05) is 5.41 Å². The normalized spacial score (nSPS) is 32.6. The molecule has 1 unspecified atom stereocenters. The Morgan fingerprint density at radius 1 is 1.13 bits per heavy atom. The number of hydrogen-bond acceptors (Lipinski definition) is 0. The molecule has 0 aromatic rings. The van der Waals surface area contributed by atoms with Gasteiger partial charge in [0.2, 0.25) is 0 Å². The summed E-state index contributed by atoms with van der Waals surface area (Å²) in [5, 5.41) is 0. The van der Waals surface area contributed by atoms with Gasteiger partial charge in [-0.05, 0) is 32.1 Å². The lowest BCUT2D eigenvalue weighted by molar-refractivity contribution is 0.220. The Morgan fingerprint density at radius 3 is 2.53 bits per heavy atom. The molecule has 0 N–H and O–H groups in total. The monoisotopic (exact) mass is 202 g/mol. The molecule has 0 heteroatoms. The van der Waals surface area contributed by atoms with Crippen LogP contribution in [0.3, 0.4) is 0 Å². The molecule has 0 heterocycles. The molecule has 0 aliphatic heterocycles. The summed E-state index contributed by atoms with van der Waals surface area (Å²) in [5.41, 5.74) is 0.351. The van der Waals surface area contributed by atoms with E-state index in [9.17, 15) is 0 Å². The maximum Gasteiger partial charge on any atom is 0.0127 e. The molecule has 0 spiro atoms. The molecule has 2 aliphatic carbocycles. The molecular weight excluding hydrogens is 180 g/mol. The Bertz CT molecular complexity index is 276. The van der Waals surface area contributed by atoms with E-state index in [1.807, 2.05) is 0 Å². The van der Waals surface area contributed by atoms with Gasteiger partial charge in [0.15, 0.2) is 0 Å². The molecule has 2 aliphatic rings. The minimum Gasteiger partial charge on any atom is -0.0908 e. The van der Waals surface area contributed by atoms with E-state index in [-0.39, 0.29) is 0 Å². The molecule has 0 aromatic heterocycles. The van der Waals surface area contributed by atoms with E-state index in [0.717, 1.165) is 5.92 Å². The molecule has 82 valence electrons. The standard InChI is InChI=1S/C15H22/c1-2-11-15(12-7-4-8-13-15)14-9-5-3-6-10-14/h2,4,7-8,11-12,14H,3,5-6,9-10,13H2,1H3. The molecule has 1 fully saturated rings. The number of hydrogen-bond donors (Lipinski definition) is 0. The average Bonchev–Trinajstić information content (AvgIpc) is 2.32. The average molecular weight is 202 g/mol. The first kappa shape index (κ1) is 10.7. The second-order valence-corrected chi connectivity index (χ2v) is 4.94. The van der Waals surface area contributed by atoms with Crippen LogP contribution in [0.15, 0.2) is 36.5 Å². The fourth-order valence-corrected chi connectivity index (χ4v) is 3.17. The van der Waals surface area contributed by atoms with Crippen LogP contribution in [-0.4, -0.2) is 0 Å². The maximum atomic E-state index is 2.43. The Morgan fingerprint density at radius 2 is 1.93 bits per heavy atom. The molecule has 0 aromatic carbocycles. The predicted octanol–water partition coefficient (Wildman–Crippen LogP) is 4.65. The van der Waals surface area contributed by atoms with Crippen molar-refractivity contribution in [3.63, 3.8) is 0 Å². The lowest BCUT2D eigenvalue weighted by Gasteiger charge is -2.39. The molecular formula is C15H22. The van der Waals surface area contributed by atoms with Crippen LogP contribution in [0.1, 0.15) is 45.4 Å². The Labute approximate surface area is 93.8 Å². The quantitative estimate of drug-likeness (QED) is 0.572. The molecule has 2 rings (SSSR count). The Balaban J connectivity index is 2.17. The summed E-state index contributed by atoms with van der Waals surface area (Å²) in [6, 6.07) is 0. The summed E-state index contributed by atoms with van der Waals surface area (Å²) >= 11 is 0. The highest BCUT2D eigenvalue weighted by Gasteiger charge is 2.34. The molecule has 0 saturated heterocycles. The Hall–Kier alpha value is -0.780. The van der Waals surface area contributed by atoms with Crippen LogP contribution >= 0.6 is 0 Å². The van der Waals surface area contributed by atoms with E-state index in [2.05, 4.69) is 43.4 Å². The molecule has 15 heavy (non-hydrogen) atoms. The van der Waals surface area contributed by atoms with Crippen LogP contribution in [-0.2, 0) is 0 Å². The lowest BCUT2D eigenvalue weighted by Crippen LogP contribution is -2.29. The van der Waals surface area contributed by atoms with E-state index >= 15 is 0 Å². The van der Waals surface area contributed by atoms with Gasteiger partial charge in [-0.25, -0.2) is 0 Å². The largest absolute Gasteiger partial charge is 0.0908 e.